The number of hydrogen-bond donors (Lipinski definition) is 3. The summed E-state index contributed by atoms with van der Waals surface area (Å²) in [7, 11) is -6.24. The Labute approximate surface area is 237 Å². The van der Waals surface area contributed by atoms with Crippen LogP contribution in [0.1, 0.15) is 59.4 Å². The lowest BCUT2D eigenvalue weighted by Crippen LogP contribution is -2.51. The summed E-state index contributed by atoms with van der Waals surface area (Å²) < 4.78 is 20.7. The van der Waals surface area contributed by atoms with Crippen molar-refractivity contribution in [3.8, 4) is 11.5 Å². The minimum atomic E-state index is -2.34. The average molecular weight is 598 g/mol. The highest BCUT2D eigenvalue weighted by Gasteiger charge is 2.51. The number of nitrogen functional groups attached to an aromatic ring is 1. The molecule has 222 valence electrons. The predicted octanol–water partition coefficient (Wildman–Crippen LogP) is 4.41. The molecule has 2 heterocycles. The summed E-state index contributed by atoms with van der Waals surface area (Å²) >= 11 is 0. The molecule has 0 amide bonds. The molecule has 1 aromatic rings. The molecular formula is C27H51N3O6Si3. The van der Waals surface area contributed by atoms with Crippen LogP contribution in [0.3, 0.4) is 0 Å². The predicted molar refractivity (Wildman–Crippen MR) is 164 cm³/mol. The molecule has 0 aromatic carbocycles. The Kier molecular flexibility index (Phi) is 10.0. The zero-order valence-electron chi connectivity index (χ0n) is 26.2. The number of aliphatic hydroxyl groups is 2. The quantitative estimate of drug-likeness (QED) is 0.311. The molecule has 0 spiro atoms. The number of ether oxygens (including phenoxy) is 1. The fourth-order valence-corrected chi connectivity index (χ4v) is 6.41. The van der Waals surface area contributed by atoms with Gasteiger partial charge in [-0.1, -0.05) is 67.1 Å². The van der Waals surface area contributed by atoms with Crippen LogP contribution < -0.4 is 11.4 Å². The van der Waals surface area contributed by atoms with Gasteiger partial charge in [-0.3, -0.25) is 4.57 Å². The molecule has 1 saturated heterocycles. The van der Waals surface area contributed by atoms with Gasteiger partial charge in [0, 0.05) is 6.20 Å². The van der Waals surface area contributed by atoms with Gasteiger partial charge in [-0.15, -0.1) is 5.54 Å². The van der Waals surface area contributed by atoms with E-state index in [-0.39, 0.29) is 28.1 Å². The van der Waals surface area contributed by atoms with Crippen molar-refractivity contribution in [2.45, 2.75) is 128 Å². The second-order valence-corrected chi connectivity index (χ2v) is 29.0. The number of rotatable bonds is 7. The van der Waals surface area contributed by atoms with Crippen LogP contribution in [0.2, 0.25) is 55.9 Å². The van der Waals surface area contributed by atoms with Crippen molar-refractivity contribution < 1.29 is 23.8 Å². The largest absolute Gasteiger partial charge is 0.414 e. The van der Waals surface area contributed by atoms with Crippen molar-refractivity contribution in [3.63, 3.8) is 0 Å². The molecule has 2 rings (SSSR count). The second-order valence-electron chi connectivity index (χ2n) is 14.7. The van der Waals surface area contributed by atoms with Gasteiger partial charge in [0.1, 0.15) is 38.3 Å². The molecule has 1 aromatic heterocycles. The highest BCUT2D eigenvalue weighted by Crippen LogP contribution is 2.42. The summed E-state index contributed by atoms with van der Waals surface area (Å²) in [5.41, 5.74) is 8.62. The molecule has 4 N–H and O–H groups in total. The molecule has 9 nitrogen and oxygen atoms in total. The molecule has 5 atom stereocenters. The van der Waals surface area contributed by atoms with E-state index in [1.54, 1.807) is 0 Å². The normalized spacial score (nSPS) is 23.9. The lowest BCUT2D eigenvalue weighted by molar-refractivity contribution is -0.0530. The van der Waals surface area contributed by atoms with E-state index in [1.807, 2.05) is 0 Å². The van der Waals surface area contributed by atoms with Crippen molar-refractivity contribution in [2.75, 3.05) is 12.3 Å². The summed E-state index contributed by atoms with van der Waals surface area (Å²) in [6.45, 7) is 27.8. The lowest BCUT2D eigenvalue weighted by Gasteiger charge is -2.41. The van der Waals surface area contributed by atoms with Crippen LogP contribution in [-0.2, 0) is 13.6 Å². The van der Waals surface area contributed by atoms with Gasteiger partial charge in [0.05, 0.1) is 12.2 Å². The van der Waals surface area contributed by atoms with E-state index in [4.69, 9.17) is 19.3 Å². The smallest absolute Gasteiger partial charge is 0.351 e. The number of nitrogens with two attached hydrogens (primary N) is 1. The van der Waals surface area contributed by atoms with Crippen molar-refractivity contribution in [3.05, 3.63) is 22.2 Å². The lowest BCUT2D eigenvalue weighted by atomic mass is 10.1. The van der Waals surface area contributed by atoms with Gasteiger partial charge in [-0.05, 0) is 36.3 Å². The van der Waals surface area contributed by atoms with Crippen LogP contribution in [0.15, 0.2) is 11.0 Å². The van der Waals surface area contributed by atoms with Crippen molar-refractivity contribution in [1.29, 1.82) is 0 Å². The van der Waals surface area contributed by atoms with Gasteiger partial charge >= 0.3 is 5.69 Å². The third-order valence-corrected chi connectivity index (χ3v) is 18.0. The zero-order chi connectivity index (χ0) is 30.4. The summed E-state index contributed by atoms with van der Waals surface area (Å²) in [4.78, 5) is 16.9. The summed E-state index contributed by atoms with van der Waals surface area (Å²) in [5, 5.41) is 22.2. The molecule has 1 aliphatic rings. The molecule has 0 saturated carbocycles. The van der Waals surface area contributed by atoms with Gasteiger partial charge < -0.3 is 29.5 Å². The fraction of sp³-hybridized carbons (Fsp3) is 0.778. The number of aromatic nitrogens is 2. The topological polar surface area (TPSA) is 129 Å². The third-order valence-electron chi connectivity index (χ3n) is 8.12. The maximum atomic E-state index is 13.0. The first-order valence-corrected chi connectivity index (χ1v) is 22.9. The van der Waals surface area contributed by atoms with Gasteiger partial charge in [0.15, 0.2) is 22.9 Å². The van der Waals surface area contributed by atoms with E-state index in [0.717, 1.165) is 0 Å². The molecule has 12 heteroatoms. The Balaban J connectivity index is 2.51. The van der Waals surface area contributed by atoms with Gasteiger partial charge in [-0.2, -0.15) is 4.98 Å². The SMILES string of the molecule is CC(C)(C)[Si](C)(C)OC[C@H]1O[C@@H](n2cc(C(O)C#C[Si](C)(C)C)c(N)nc2=O)[C@H](O)[C@@H]1O[Si](C)(C)C(C)(C)C. The third kappa shape index (κ3) is 8.13. The number of aliphatic hydroxyl groups excluding tert-OH is 2. The monoisotopic (exact) mass is 597 g/mol. The highest BCUT2D eigenvalue weighted by molar-refractivity contribution is 6.83. The van der Waals surface area contributed by atoms with E-state index in [9.17, 15) is 15.0 Å². The van der Waals surface area contributed by atoms with Gasteiger partial charge in [0.2, 0.25) is 0 Å². The maximum absolute atomic E-state index is 13.0. The highest BCUT2D eigenvalue weighted by atomic mass is 28.4. The maximum Gasteiger partial charge on any atom is 0.351 e. The Morgan fingerprint density at radius 3 is 2.10 bits per heavy atom. The second kappa shape index (κ2) is 11.5. The average Bonchev–Trinajstić information content (AvgIpc) is 3.03. The van der Waals surface area contributed by atoms with Crippen LogP contribution in [0.4, 0.5) is 5.82 Å². The van der Waals surface area contributed by atoms with Crippen molar-refractivity contribution in [2.24, 2.45) is 0 Å². The molecule has 1 fully saturated rings. The first-order chi connectivity index (χ1) is 17.4. The number of hydrogen-bond acceptors (Lipinski definition) is 8. The Morgan fingerprint density at radius 1 is 1.08 bits per heavy atom. The van der Waals surface area contributed by atoms with E-state index in [1.165, 1.54) is 10.8 Å². The Morgan fingerprint density at radius 2 is 1.62 bits per heavy atom. The number of anilines is 1. The molecule has 1 aliphatic heterocycles. The molecule has 0 bridgehead atoms. The van der Waals surface area contributed by atoms with E-state index < -0.39 is 61.0 Å². The standard InChI is InChI=1S/C27H51N3O6Si3/c1-26(2,3)38(10,11)34-17-20-22(36-39(12,13)27(4,5)6)21(32)24(35-20)30-16-18(23(28)29-25(30)33)19(31)14-15-37(7,8)9/h16,19-22,24,31-32H,17H2,1-13H3,(H2,28,29,33)/t19?,20-,21-,22-,24-/m1/s1. The van der Waals surface area contributed by atoms with E-state index >= 15 is 0 Å². The number of nitrogens with zero attached hydrogens (tertiary/aromatic N) is 2. The molecule has 1 unspecified atom stereocenters. The van der Waals surface area contributed by atoms with E-state index in [0.29, 0.717) is 0 Å². The minimum absolute atomic E-state index is 0.0147. The van der Waals surface area contributed by atoms with Crippen LogP contribution in [0.25, 0.3) is 0 Å². The van der Waals surface area contributed by atoms with Crippen LogP contribution in [-0.4, -0.2) is 69.4 Å². The zero-order valence-corrected chi connectivity index (χ0v) is 29.2. The van der Waals surface area contributed by atoms with Crippen LogP contribution >= 0.6 is 0 Å². The van der Waals surface area contributed by atoms with Crippen LogP contribution in [0, 0.1) is 11.5 Å². The van der Waals surface area contributed by atoms with E-state index in [2.05, 4.69) is 104 Å². The Hall–Kier alpha value is -1.31. The van der Waals surface area contributed by atoms with Crippen molar-refractivity contribution >= 4 is 30.5 Å². The van der Waals surface area contributed by atoms with Crippen molar-refractivity contribution in [1.82, 2.24) is 9.55 Å². The minimum Gasteiger partial charge on any atom is -0.414 e. The summed E-state index contributed by atoms with van der Waals surface area (Å²) in [6.07, 6.45) is -3.44. The Bertz CT molecular complexity index is 1140. The molecular weight excluding hydrogens is 547 g/mol. The fourth-order valence-electron chi connectivity index (χ4n) is 3.51. The molecule has 39 heavy (non-hydrogen) atoms. The van der Waals surface area contributed by atoms with Gasteiger partial charge in [-0.25, -0.2) is 4.79 Å². The van der Waals surface area contributed by atoms with Gasteiger partial charge in [0.25, 0.3) is 0 Å². The molecule has 0 aliphatic carbocycles. The first-order valence-electron chi connectivity index (χ1n) is 13.6. The molecule has 0 radical (unpaired) electrons. The van der Waals surface area contributed by atoms with Crippen LogP contribution in [0.5, 0.6) is 0 Å². The summed E-state index contributed by atoms with van der Waals surface area (Å²) in [6, 6.07) is 0. The first kappa shape index (κ1) is 33.9. The summed E-state index contributed by atoms with van der Waals surface area (Å²) in [5.74, 6) is 2.73.